The number of aryl methyl sites for hydroxylation is 2. The molecule has 0 radical (unpaired) electrons. The molecule has 1 aromatic carbocycles. The van der Waals surface area contributed by atoms with Crippen LogP contribution >= 0.6 is 0 Å². The Morgan fingerprint density at radius 3 is 2.56 bits per heavy atom. The molecule has 10 heteroatoms. The van der Waals surface area contributed by atoms with Gasteiger partial charge in [-0.25, -0.2) is 9.55 Å². The van der Waals surface area contributed by atoms with Gasteiger partial charge >= 0.3 is 6.18 Å². The number of hydrogen-bond acceptors (Lipinski definition) is 3. The van der Waals surface area contributed by atoms with Crippen molar-refractivity contribution in [3.05, 3.63) is 29.1 Å². The summed E-state index contributed by atoms with van der Waals surface area (Å²) in [6.45, 7) is 4.57. The summed E-state index contributed by atoms with van der Waals surface area (Å²) in [5.41, 5.74) is 0.512. The Morgan fingerprint density at radius 2 is 1.96 bits per heavy atom. The maximum atomic E-state index is 13.4. The summed E-state index contributed by atoms with van der Waals surface area (Å²) in [4.78, 5) is 3.03. The van der Waals surface area contributed by atoms with Gasteiger partial charge < -0.3 is 4.74 Å². The molecule has 27 heavy (non-hydrogen) atoms. The highest BCUT2D eigenvalue weighted by Gasteiger charge is 2.36. The van der Waals surface area contributed by atoms with E-state index in [0.29, 0.717) is 36.4 Å². The van der Waals surface area contributed by atoms with Crippen LogP contribution in [0.3, 0.4) is 0 Å². The summed E-state index contributed by atoms with van der Waals surface area (Å²) in [5.74, 6) is 0.334. The monoisotopic (exact) mass is 409 g/mol. The zero-order valence-electron chi connectivity index (χ0n) is 15.3. The number of hydrogen-bond donors (Lipinski definition) is 2. The normalized spacial score (nSPS) is 12.8. The minimum Gasteiger partial charge on any atom is -0.381 e. The van der Waals surface area contributed by atoms with Crippen molar-refractivity contribution >= 4 is 21.2 Å². The third-order valence-electron chi connectivity index (χ3n) is 4.33. The van der Waals surface area contributed by atoms with E-state index in [1.807, 2.05) is 4.57 Å². The van der Waals surface area contributed by atoms with Crippen molar-refractivity contribution in [2.75, 3.05) is 19.0 Å². The van der Waals surface area contributed by atoms with Gasteiger partial charge in [-0.05, 0) is 31.9 Å². The molecule has 2 N–H and O–H groups in total. The summed E-state index contributed by atoms with van der Waals surface area (Å²) in [5, 5.41) is 0. The molecule has 0 bridgehead atoms. The van der Waals surface area contributed by atoms with Crippen molar-refractivity contribution in [1.82, 2.24) is 4.98 Å². The van der Waals surface area contributed by atoms with Gasteiger partial charge in [0.15, 0.2) is 11.0 Å². The Bertz CT molecular complexity index is 892. The van der Waals surface area contributed by atoms with Crippen LogP contribution in [-0.4, -0.2) is 36.9 Å². The van der Waals surface area contributed by atoms with Crippen molar-refractivity contribution in [1.29, 1.82) is 0 Å². The van der Waals surface area contributed by atoms with Gasteiger partial charge in [-0.2, -0.15) is 21.6 Å². The number of unbranched alkanes of at least 4 members (excludes halogenated alkanes) is 1. The lowest BCUT2D eigenvalue weighted by molar-refractivity contribution is -0.677. The highest BCUT2D eigenvalue weighted by molar-refractivity contribution is 7.85. The Morgan fingerprint density at radius 1 is 1.26 bits per heavy atom. The van der Waals surface area contributed by atoms with Gasteiger partial charge in [-0.1, -0.05) is 0 Å². The topological polar surface area (TPSA) is 83.3 Å². The molecule has 0 fully saturated rings. The average molecular weight is 409 g/mol. The molecule has 0 aliphatic heterocycles. The van der Waals surface area contributed by atoms with E-state index in [-0.39, 0.29) is 30.8 Å². The number of nitrogens with zero attached hydrogens (tertiary/aromatic N) is 1. The average Bonchev–Trinajstić information content (AvgIpc) is 2.86. The van der Waals surface area contributed by atoms with Crippen LogP contribution in [0.25, 0.3) is 11.0 Å². The number of halogens is 3. The second-order valence-corrected chi connectivity index (χ2v) is 7.86. The van der Waals surface area contributed by atoms with E-state index >= 15 is 0 Å². The van der Waals surface area contributed by atoms with Crippen LogP contribution in [0.2, 0.25) is 0 Å². The first-order valence-electron chi connectivity index (χ1n) is 8.68. The van der Waals surface area contributed by atoms with Crippen LogP contribution in [0.5, 0.6) is 0 Å². The highest BCUT2D eigenvalue weighted by atomic mass is 32.2. The molecule has 2 aromatic rings. The fraction of sp³-hybridized carbons (Fsp3) is 0.588. The number of nitrogens with one attached hydrogen (secondary N) is 1. The summed E-state index contributed by atoms with van der Waals surface area (Å²) >= 11 is 0. The molecule has 0 amide bonds. The van der Waals surface area contributed by atoms with E-state index in [0.717, 1.165) is 6.07 Å². The molecule has 0 spiro atoms. The molecule has 1 aromatic heterocycles. The number of H-pyrrole nitrogens is 1. The van der Waals surface area contributed by atoms with Gasteiger partial charge in [0.1, 0.15) is 0 Å². The Balaban J connectivity index is 2.35. The van der Waals surface area contributed by atoms with E-state index in [1.165, 1.54) is 6.07 Å². The van der Waals surface area contributed by atoms with Crippen LogP contribution in [0.4, 0.5) is 13.2 Å². The van der Waals surface area contributed by atoms with E-state index < -0.39 is 21.9 Å². The van der Waals surface area contributed by atoms with Crippen molar-refractivity contribution in [3.63, 3.8) is 0 Å². The van der Waals surface area contributed by atoms with Crippen molar-refractivity contribution in [2.45, 2.75) is 45.8 Å². The Hall–Kier alpha value is -1.65. The lowest BCUT2D eigenvalue weighted by Gasteiger charge is -2.12. The molecule has 6 nitrogen and oxygen atoms in total. The lowest BCUT2D eigenvalue weighted by atomic mass is 10.0. The third-order valence-corrected chi connectivity index (χ3v) is 5.14. The smallest absolute Gasteiger partial charge is 0.381 e. The standard InChI is InChI=1S/C17H23F3N2O4S/c1-3-26-10-8-13-14(17(18,19)20)6-7-15-16(13)21-12(2)22(15)9-4-5-11-27(23,24)25/h6-7H,3-5,8-11H2,1-2H3,(H,23,24,25)/p+1. The van der Waals surface area contributed by atoms with Crippen molar-refractivity contribution < 1.29 is 35.4 Å². The predicted octanol–water partition coefficient (Wildman–Crippen LogP) is 3.03. The summed E-state index contributed by atoms with van der Waals surface area (Å²) < 4.78 is 77.7. The van der Waals surface area contributed by atoms with E-state index in [1.54, 1.807) is 13.8 Å². The fourth-order valence-corrected chi connectivity index (χ4v) is 3.68. The number of fused-ring (bicyclic) bond motifs is 1. The molecular formula is C17H24F3N2O4S+. The van der Waals surface area contributed by atoms with Gasteiger partial charge in [-0.3, -0.25) is 4.55 Å². The van der Waals surface area contributed by atoms with Gasteiger partial charge in [-0.15, -0.1) is 0 Å². The summed E-state index contributed by atoms with van der Waals surface area (Å²) in [6.07, 6.45) is -3.61. The van der Waals surface area contributed by atoms with Gasteiger partial charge in [0.05, 0.1) is 24.5 Å². The summed E-state index contributed by atoms with van der Waals surface area (Å²) in [6, 6.07) is 2.50. The molecule has 0 aliphatic carbocycles. The fourth-order valence-electron chi connectivity index (χ4n) is 3.12. The van der Waals surface area contributed by atoms with Gasteiger partial charge in [0.2, 0.25) is 0 Å². The SMILES string of the molecule is CCOCCc1c(C(F)(F)F)ccc2c1[nH]c(C)[n+]2CCCCS(=O)(=O)O. The third kappa shape index (κ3) is 5.66. The van der Waals surface area contributed by atoms with Crippen molar-refractivity contribution in [2.24, 2.45) is 0 Å². The first-order chi connectivity index (χ1) is 12.5. The molecular weight excluding hydrogens is 385 g/mol. The minimum atomic E-state index is -4.46. The van der Waals surface area contributed by atoms with Crippen LogP contribution in [0, 0.1) is 6.92 Å². The quantitative estimate of drug-likeness (QED) is 0.379. The molecule has 0 saturated heterocycles. The van der Waals surface area contributed by atoms with E-state index in [9.17, 15) is 21.6 Å². The molecule has 0 saturated carbocycles. The van der Waals surface area contributed by atoms with Crippen molar-refractivity contribution in [3.8, 4) is 0 Å². The molecule has 152 valence electrons. The van der Waals surface area contributed by atoms with Crippen LogP contribution in [0.1, 0.15) is 36.7 Å². The maximum absolute atomic E-state index is 13.4. The van der Waals surface area contributed by atoms with E-state index in [4.69, 9.17) is 9.29 Å². The zero-order chi connectivity index (χ0) is 20.2. The molecule has 0 aliphatic rings. The van der Waals surface area contributed by atoms with Gasteiger partial charge in [0, 0.05) is 25.5 Å². The number of aromatic nitrogens is 2. The molecule has 0 atom stereocenters. The zero-order valence-corrected chi connectivity index (χ0v) is 16.1. The highest BCUT2D eigenvalue weighted by Crippen LogP contribution is 2.35. The molecule has 0 unspecified atom stereocenters. The first-order valence-corrected chi connectivity index (χ1v) is 10.3. The van der Waals surface area contributed by atoms with Crippen LogP contribution < -0.4 is 4.57 Å². The van der Waals surface area contributed by atoms with Crippen LogP contribution in [-0.2, 0) is 34.0 Å². The minimum absolute atomic E-state index is 0.128. The number of aromatic amines is 1. The summed E-state index contributed by atoms with van der Waals surface area (Å²) in [7, 11) is -4.02. The molecule has 2 rings (SSSR count). The van der Waals surface area contributed by atoms with E-state index in [2.05, 4.69) is 4.98 Å². The Labute approximate surface area is 156 Å². The second kappa shape index (κ2) is 8.57. The molecule has 1 heterocycles. The number of rotatable bonds is 9. The number of imidazole rings is 1. The predicted molar refractivity (Wildman–Crippen MR) is 94.1 cm³/mol. The number of alkyl halides is 3. The van der Waals surface area contributed by atoms with Crippen LogP contribution in [0.15, 0.2) is 12.1 Å². The first kappa shape index (κ1) is 21.6. The largest absolute Gasteiger partial charge is 0.416 e. The number of ether oxygens (including phenoxy) is 1. The van der Waals surface area contributed by atoms with Gasteiger partial charge in [0.25, 0.3) is 15.9 Å². The second-order valence-electron chi connectivity index (χ2n) is 6.29. The Kier molecular flexibility index (Phi) is 6.87. The lowest BCUT2D eigenvalue weighted by Crippen LogP contribution is -2.35. The maximum Gasteiger partial charge on any atom is 0.416 e. The number of benzene rings is 1.